The summed E-state index contributed by atoms with van der Waals surface area (Å²) in [5.41, 5.74) is 2.46. The van der Waals surface area contributed by atoms with Gasteiger partial charge in [0.2, 0.25) is 5.91 Å². The molecular weight excluding hydrogens is 457 g/mol. The minimum Gasteiger partial charge on any atom is -0.324 e. The van der Waals surface area contributed by atoms with E-state index in [1.807, 2.05) is 49.4 Å². The Hall–Kier alpha value is -2.42. The third-order valence-electron chi connectivity index (χ3n) is 5.19. The fourth-order valence-corrected chi connectivity index (χ4v) is 4.48. The number of aryl methyl sites for hydroxylation is 2. The Morgan fingerprint density at radius 2 is 2.04 bits per heavy atom. The molecule has 2 aromatic carbocycles. The molecule has 7 heteroatoms. The van der Waals surface area contributed by atoms with Gasteiger partial charge in [-0.05, 0) is 77.2 Å². The van der Waals surface area contributed by atoms with E-state index in [1.54, 1.807) is 0 Å². The van der Waals surface area contributed by atoms with Crippen LogP contribution in [0.3, 0.4) is 0 Å². The largest absolute Gasteiger partial charge is 0.325 e. The van der Waals surface area contributed by atoms with Crippen LogP contribution in [0.15, 0.2) is 42.5 Å². The number of hydrogen-bond acceptors (Lipinski definition) is 3. The highest BCUT2D eigenvalue weighted by Gasteiger charge is 2.55. The number of amides is 4. The first kappa shape index (κ1) is 18.0. The van der Waals surface area contributed by atoms with E-state index in [-0.39, 0.29) is 12.5 Å². The monoisotopic (exact) mass is 475 g/mol. The van der Waals surface area contributed by atoms with Gasteiger partial charge in [-0.3, -0.25) is 14.5 Å². The van der Waals surface area contributed by atoms with Crippen molar-refractivity contribution in [3.8, 4) is 0 Å². The Morgan fingerprint density at radius 3 is 2.81 bits per heavy atom. The van der Waals surface area contributed by atoms with E-state index < -0.39 is 17.5 Å². The van der Waals surface area contributed by atoms with Crippen molar-refractivity contribution in [2.75, 3.05) is 11.9 Å². The van der Waals surface area contributed by atoms with Crippen LogP contribution in [0.2, 0.25) is 0 Å². The number of fused-ring (bicyclic) bond motifs is 2. The molecule has 0 saturated carbocycles. The van der Waals surface area contributed by atoms with Gasteiger partial charge in [-0.1, -0.05) is 24.3 Å². The zero-order chi connectivity index (χ0) is 19.2. The Balaban J connectivity index is 1.53. The summed E-state index contributed by atoms with van der Waals surface area (Å²) in [7, 11) is 0. The van der Waals surface area contributed by atoms with Crippen molar-refractivity contribution in [1.29, 1.82) is 0 Å². The third kappa shape index (κ3) is 2.99. The van der Waals surface area contributed by atoms with Gasteiger partial charge in [0, 0.05) is 9.26 Å². The summed E-state index contributed by atoms with van der Waals surface area (Å²) in [4.78, 5) is 39.0. The summed E-state index contributed by atoms with van der Waals surface area (Å²) in [5.74, 6) is -0.752. The topological polar surface area (TPSA) is 78.5 Å². The number of anilines is 1. The van der Waals surface area contributed by atoms with Crippen molar-refractivity contribution in [3.63, 3.8) is 0 Å². The quantitative estimate of drug-likeness (QED) is 0.530. The summed E-state index contributed by atoms with van der Waals surface area (Å²) in [6, 6.07) is 12.8. The molecule has 4 rings (SSSR count). The molecule has 138 valence electrons. The normalized spacial score (nSPS) is 20.7. The first-order valence-corrected chi connectivity index (χ1v) is 9.77. The molecule has 0 unspecified atom stereocenters. The van der Waals surface area contributed by atoms with E-state index >= 15 is 0 Å². The molecular formula is C20H18IN3O3. The zero-order valence-corrected chi connectivity index (χ0v) is 16.9. The van der Waals surface area contributed by atoms with Crippen LogP contribution in [0.1, 0.15) is 23.1 Å². The van der Waals surface area contributed by atoms with Gasteiger partial charge in [0.15, 0.2) is 0 Å². The highest BCUT2D eigenvalue weighted by Crippen LogP contribution is 2.41. The molecule has 2 aromatic rings. The molecule has 2 aliphatic rings. The molecule has 1 aliphatic heterocycles. The van der Waals surface area contributed by atoms with Gasteiger partial charge < -0.3 is 10.6 Å². The lowest BCUT2D eigenvalue weighted by Gasteiger charge is -2.22. The maximum Gasteiger partial charge on any atom is 0.325 e. The van der Waals surface area contributed by atoms with E-state index in [0.717, 1.165) is 31.6 Å². The van der Waals surface area contributed by atoms with E-state index in [2.05, 4.69) is 33.2 Å². The predicted octanol–water partition coefficient (Wildman–Crippen LogP) is 2.93. The zero-order valence-electron chi connectivity index (χ0n) is 14.7. The Bertz CT molecular complexity index is 975. The Labute approximate surface area is 170 Å². The molecule has 0 bridgehead atoms. The van der Waals surface area contributed by atoms with Gasteiger partial charge >= 0.3 is 6.03 Å². The van der Waals surface area contributed by atoms with Crippen molar-refractivity contribution in [2.24, 2.45) is 0 Å². The lowest BCUT2D eigenvalue weighted by Crippen LogP contribution is -2.43. The number of hydrogen-bond donors (Lipinski definition) is 2. The minimum atomic E-state index is -1.03. The second-order valence-corrected chi connectivity index (χ2v) is 8.14. The maximum absolute atomic E-state index is 13.1. The van der Waals surface area contributed by atoms with Gasteiger partial charge in [-0.2, -0.15) is 0 Å². The number of nitrogens with one attached hydrogen (secondary N) is 2. The van der Waals surface area contributed by atoms with Crippen LogP contribution in [-0.2, 0) is 21.5 Å². The first-order valence-electron chi connectivity index (χ1n) is 8.69. The van der Waals surface area contributed by atoms with Crippen LogP contribution in [0.25, 0.3) is 0 Å². The van der Waals surface area contributed by atoms with Crippen LogP contribution in [0.4, 0.5) is 10.5 Å². The average Bonchev–Trinajstić information content (AvgIpc) is 3.11. The molecule has 1 heterocycles. The molecule has 1 aliphatic carbocycles. The number of rotatable bonds is 3. The molecule has 27 heavy (non-hydrogen) atoms. The SMILES string of the molecule is Cc1cc(I)ccc1NC(=O)CN1C(=O)N[C@]2(CCc3ccccc32)C1=O. The Morgan fingerprint density at radius 1 is 1.26 bits per heavy atom. The van der Waals surface area contributed by atoms with Crippen LogP contribution in [0, 0.1) is 10.5 Å². The van der Waals surface area contributed by atoms with E-state index in [0.29, 0.717) is 12.1 Å². The average molecular weight is 475 g/mol. The van der Waals surface area contributed by atoms with Gasteiger partial charge in [-0.25, -0.2) is 4.79 Å². The number of benzene rings is 2. The second kappa shape index (κ2) is 6.63. The van der Waals surface area contributed by atoms with E-state index in [4.69, 9.17) is 0 Å². The summed E-state index contributed by atoms with van der Waals surface area (Å²) in [6.45, 7) is 1.59. The van der Waals surface area contributed by atoms with E-state index in [9.17, 15) is 14.4 Å². The fourth-order valence-electron chi connectivity index (χ4n) is 3.83. The maximum atomic E-state index is 13.1. The van der Waals surface area contributed by atoms with Crippen LogP contribution < -0.4 is 10.6 Å². The molecule has 1 fully saturated rings. The molecule has 2 N–H and O–H groups in total. The third-order valence-corrected chi connectivity index (χ3v) is 5.86. The first-order chi connectivity index (χ1) is 12.9. The summed E-state index contributed by atoms with van der Waals surface area (Å²) >= 11 is 2.20. The van der Waals surface area contributed by atoms with Gasteiger partial charge in [0.1, 0.15) is 12.1 Å². The molecule has 0 aromatic heterocycles. The molecule has 0 radical (unpaired) electrons. The molecule has 1 saturated heterocycles. The highest BCUT2D eigenvalue weighted by molar-refractivity contribution is 14.1. The standard InChI is InChI=1S/C20H18IN3O3/c1-12-10-14(21)6-7-16(12)22-17(25)11-24-18(26)20(23-19(24)27)9-8-13-4-2-3-5-15(13)20/h2-7,10H,8-9,11H2,1H3,(H,22,25)(H,23,27)/t20-/m0/s1. The van der Waals surface area contributed by atoms with Gasteiger partial charge in [0.25, 0.3) is 5.91 Å². The lowest BCUT2D eigenvalue weighted by atomic mass is 9.92. The van der Waals surface area contributed by atoms with Crippen molar-refractivity contribution in [2.45, 2.75) is 25.3 Å². The van der Waals surface area contributed by atoms with Crippen molar-refractivity contribution >= 4 is 46.1 Å². The highest BCUT2D eigenvalue weighted by atomic mass is 127. The van der Waals surface area contributed by atoms with Crippen LogP contribution >= 0.6 is 22.6 Å². The summed E-state index contributed by atoms with van der Waals surface area (Å²) < 4.78 is 1.07. The molecule has 1 spiro atoms. The smallest absolute Gasteiger partial charge is 0.324 e. The van der Waals surface area contributed by atoms with Crippen molar-refractivity contribution < 1.29 is 14.4 Å². The van der Waals surface area contributed by atoms with Crippen LogP contribution in [0.5, 0.6) is 0 Å². The second-order valence-electron chi connectivity index (χ2n) is 6.89. The number of imide groups is 1. The lowest BCUT2D eigenvalue weighted by molar-refractivity contribution is -0.134. The number of halogens is 1. The molecule has 4 amide bonds. The minimum absolute atomic E-state index is 0.306. The summed E-state index contributed by atoms with van der Waals surface area (Å²) in [6.07, 6.45) is 1.25. The predicted molar refractivity (Wildman–Crippen MR) is 109 cm³/mol. The van der Waals surface area contributed by atoms with Gasteiger partial charge in [0.05, 0.1) is 0 Å². The van der Waals surface area contributed by atoms with E-state index in [1.165, 1.54) is 0 Å². The molecule has 1 atom stereocenters. The summed E-state index contributed by atoms with van der Waals surface area (Å²) in [5, 5.41) is 5.62. The van der Waals surface area contributed by atoms with Crippen molar-refractivity contribution in [1.82, 2.24) is 10.2 Å². The molecule has 6 nitrogen and oxygen atoms in total. The van der Waals surface area contributed by atoms with Gasteiger partial charge in [-0.15, -0.1) is 0 Å². The Kier molecular flexibility index (Phi) is 4.41. The van der Waals surface area contributed by atoms with Crippen LogP contribution in [-0.4, -0.2) is 29.3 Å². The number of nitrogens with zero attached hydrogens (tertiary/aromatic N) is 1. The number of carbonyl (C=O) groups is 3. The number of urea groups is 1. The fraction of sp³-hybridized carbons (Fsp3) is 0.250. The van der Waals surface area contributed by atoms with Crippen molar-refractivity contribution in [3.05, 3.63) is 62.7 Å². The number of carbonyl (C=O) groups excluding carboxylic acids is 3.